The Kier molecular flexibility index (Phi) is 3.95. The number of nitrogens with two attached hydrogens (primary N) is 1. The standard InChI is InChI=1S/C18H17BrN2/c19-15-9-6-10-16(13-15)21-17-11-4-5-12-18(17,20)14-7-2-1-3-8-14/h1-13,17,21H,20H2. The molecule has 3 N–H and O–H groups in total. The lowest BCUT2D eigenvalue weighted by Gasteiger charge is -2.36. The van der Waals surface area contributed by atoms with Crippen molar-refractivity contribution >= 4 is 21.6 Å². The Labute approximate surface area is 133 Å². The molecule has 0 radical (unpaired) electrons. The third-order valence-corrected chi connectivity index (χ3v) is 4.22. The third-order valence-electron chi connectivity index (χ3n) is 3.72. The fraction of sp³-hybridized carbons (Fsp3) is 0.111. The highest BCUT2D eigenvalue weighted by Gasteiger charge is 2.34. The Balaban J connectivity index is 1.93. The lowest BCUT2D eigenvalue weighted by Crippen LogP contribution is -2.50. The number of anilines is 1. The van der Waals surface area contributed by atoms with E-state index in [4.69, 9.17) is 5.73 Å². The molecule has 3 heteroatoms. The van der Waals surface area contributed by atoms with Crippen LogP contribution in [-0.2, 0) is 5.54 Å². The van der Waals surface area contributed by atoms with Gasteiger partial charge < -0.3 is 11.1 Å². The first-order chi connectivity index (χ1) is 10.2. The minimum absolute atomic E-state index is 0.000741. The quantitative estimate of drug-likeness (QED) is 0.878. The lowest BCUT2D eigenvalue weighted by molar-refractivity contribution is 0.516. The van der Waals surface area contributed by atoms with Crippen molar-refractivity contribution in [2.24, 2.45) is 5.73 Å². The van der Waals surface area contributed by atoms with Crippen LogP contribution in [0.15, 0.2) is 83.4 Å². The summed E-state index contributed by atoms with van der Waals surface area (Å²) in [5, 5.41) is 3.52. The molecule has 0 spiro atoms. The minimum atomic E-state index is -0.557. The van der Waals surface area contributed by atoms with Crippen LogP contribution in [0.5, 0.6) is 0 Å². The SMILES string of the molecule is NC1(c2ccccc2)C=CC=CC1Nc1cccc(Br)c1. The summed E-state index contributed by atoms with van der Waals surface area (Å²) in [6.45, 7) is 0. The van der Waals surface area contributed by atoms with Crippen molar-refractivity contribution in [1.29, 1.82) is 0 Å². The van der Waals surface area contributed by atoms with Gasteiger partial charge in [-0.2, -0.15) is 0 Å². The van der Waals surface area contributed by atoms with Crippen LogP contribution < -0.4 is 11.1 Å². The summed E-state index contributed by atoms with van der Waals surface area (Å²) in [6.07, 6.45) is 8.20. The van der Waals surface area contributed by atoms with Gasteiger partial charge in [0.25, 0.3) is 0 Å². The van der Waals surface area contributed by atoms with Gasteiger partial charge in [-0.1, -0.05) is 76.6 Å². The smallest absolute Gasteiger partial charge is 0.0839 e. The number of allylic oxidation sites excluding steroid dienone is 2. The molecule has 1 aliphatic carbocycles. The molecule has 2 unspecified atom stereocenters. The van der Waals surface area contributed by atoms with Gasteiger partial charge >= 0.3 is 0 Å². The Bertz CT molecular complexity index is 679. The zero-order chi connectivity index (χ0) is 14.7. The maximum Gasteiger partial charge on any atom is 0.0839 e. The zero-order valence-electron chi connectivity index (χ0n) is 11.5. The molecular weight excluding hydrogens is 324 g/mol. The number of benzene rings is 2. The van der Waals surface area contributed by atoms with E-state index in [1.54, 1.807) is 0 Å². The molecule has 2 atom stereocenters. The van der Waals surface area contributed by atoms with E-state index in [2.05, 4.69) is 51.6 Å². The highest BCUT2D eigenvalue weighted by Crippen LogP contribution is 2.30. The molecule has 0 aromatic heterocycles. The first-order valence-corrected chi connectivity index (χ1v) is 7.70. The fourth-order valence-electron chi connectivity index (χ4n) is 2.58. The van der Waals surface area contributed by atoms with E-state index in [-0.39, 0.29) is 6.04 Å². The number of halogens is 1. The van der Waals surface area contributed by atoms with Crippen LogP contribution in [-0.4, -0.2) is 6.04 Å². The van der Waals surface area contributed by atoms with E-state index in [1.165, 1.54) is 0 Å². The second kappa shape index (κ2) is 5.88. The Hall–Kier alpha value is -1.84. The topological polar surface area (TPSA) is 38.0 Å². The molecule has 0 saturated heterocycles. The van der Waals surface area contributed by atoms with Crippen molar-refractivity contribution in [2.45, 2.75) is 11.6 Å². The van der Waals surface area contributed by atoms with Gasteiger partial charge in [-0.25, -0.2) is 0 Å². The van der Waals surface area contributed by atoms with Gasteiger partial charge in [0.1, 0.15) is 0 Å². The summed E-state index contributed by atoms with van der Waals surface area (Å²) < 4.78 is 1.05. The van der Waals surface area contributed by atoms with Gasteiger partial charge in [0.05, 0.1) is 11.6 Å². The molecule has 21 heavy (non-hydrogen) atoms. The first-order valence-electron chi connectivity index (χ1n) is 6.91. The molecule has 0 saturated carbocycles. The Morgan fingerprint density at radius 3 is 2.57 bits per heavy atom. The average Bonchev–Trinajstić information content (AvgIpc) is 2.51. The zero-order valence-corrected chi connectivity index (χ0v) is 13.1. The molecule has 106 valence electrons. The van der Waals surface area contributed by atoms with Crippen LogP contribution in [0.1, 0.15) is 5.56 Å². The van der Waals surface area contributed by atoms with E-state index < -0.39 is 5.54 Å². The molecule has 0 heterocycles. The molecule has 0 aliphatic heterocycles. The second-order valence-corrected chi connectivity index (χ2v) is 6.09. The highest BCUT2D eigenvalue weighted by molar-refractivity contribution is 9.10. The van der Waals surface area contributed by atoms with E-state index >= 15 is 0 Å². The number of nitrogens with one attached hydrogen (secondary N) is 1. The van der Waals surface area contributed by atoms with Crippen molar-refractivity contribution < 1.29 is 0 Å². The number of rotatable bonds is 3. The molecule has 3 rings (SSSR count). The largest absolute Gasteiger partial charge is 0.376 e. The van der Waals surface area contributed by atoms with Gasteiger partial charge in [0.2, 0.25) is 0 Å². The van der Waals surface area contributed by atoms with Crippen LogP contribution in [0.2, 0.25) is 0 Å². The van der Waals surface area contributed by atoms with Crippen molar-refractivity contribution in [3.63, 3.8) is 0 Å². The fourth-order valence-corrected chi connectivity index (χ4v) is 2.98. The summed E-state index contributed by atoms with van der Waals surface area (Å²) in [7, 11) is 0. The lowest BCUT2D eigenvalue weighted by atomic mass is 9.80. The molecule has 2 aromatic carbocycles. The minimum Gasteiger partial charge on any atom is -0.376 e. The predicted octanol–water partition coefficient (Wildman–Crippen LogP) is 4.21. The maximum absolute atomic E-state index is 6.70. The molecule has 0 fully saturated rings. The predicted molar refractivity (Wildman–Crippen MR) is 92.1 cm³/mol. The molecule has 2 aromatic rings. The van der Waals surface area contributed by atoms with Crippen molar-refractivity contribution in [3.05, 3.63) is 88.9 Å². The molecule has 0 amide bonds. The van der Waals surface area contributed by atoms with Crippen LogP contribution in [0.3, 0.4) is 0 Å². The van der Waals surface area contributed by atoms with E-state index in [9.17, 15) is 0 Å². The summed E-state index contributed by atoms with van der Waals surface area (Å²) >= 11 is 3.50. The second-order valence-electron chi connectivity index (χ2n) is 5.18. The normalized spacial score (nSPS) is 24.0. The van der Waals surface area contributed by atoms with Gasteiger partial charge in [-0.3, -0.25) is 0 Å². The van der Waals surface area contributed by atoms with Gasteiger partial charge in [0.15, 0.2) is 0 Å². The molecule has 0 bridgehead atoms. The first kappa shape index (κ1) is 14.1. The van der Waals surface area contributed by atoms with Crippen LogP contribution in [0.25, 0.3) is 0 Å². The molecule has 1 aliphatic rings. The van der Waals surface area contributed by atoms with E-state index in [0.29, 0.717) is 0 Å². The maximum atomic E-state index is 6.70. The van der Waals surface area contributed by atoms with Crippen LogP contribution in [0, 0.1) is 0 Å². The van der Waals surface area contributed by atoms with Crippen molar-refractivity contribution in [3.8, 4) is 0 Å². The molecular formula is C18H17BrN2. The Morgan fingerprint density at radius 1 is 1.00 bits per heavy atom. The van der Waals surface area contributed by atoms with Gasteiger partial charge in [-0.15, -0.1) is 0 Å². The van der Waals surface area contributed by atoms with E-state index in [1.807, 2.05) is 48.6 Å². The third kappa shape index (κ3) is 2.94. The number of hydrogen-bond donors (Lipinski definition) is 2. The Morgan fingerprint density at radius 2 is 1.81 bits per heavy atom. The van der Waals surface area contributed by atoms with Crippen LogP contribution in [0.4, 0.5) is 5.69 Å². The van der Waals surface area contributed by atoms with Crippen molar-refractivity contribution in [1.82, 2.24) is 0 Å². The summed E-state index contributed by atoms with van der Waals surface area (Å²) in [6, 6.07) is 18.3. The summed E-state index contributed by atoms with van der Waals surface area (Å²) in [5.41, 5.74) is 8.28. The summed E-state index contributed by atoms with van der Waals surface area (Å²) in [5.74, 6) is 0. The highest BCUT2D eigenvalue weighted by atomic mass is 79.9. The van der Waals surface area contributed by atoms with E-state index in [0.717, 1.165) is 15.7 Å². The number of hydrogen-bond acceptors (Lipinski definition) is 2. The van der Waals surface area contributed by atoms with Gasteiger partial charge in [-0.05, 0) is 23.8 Å². The molecule has 2 nitrogen and oxygen atoms in total. The van der Waals surface area contributed by atoms with Crippen LogP contribution >= 0.6 is 15.9 Å². The monoisotopic (exact) mass is 340 g/mol. The van der Waals surface area contributed by atoms with Crippen molar-refractivity contribution in [2.75, 3.05) is 5.32 Å². The van der Waals surface area contributed by atoms with Gasteiger partial charge in [0, 0.05) is 10.2 Å². The average molecular weight is 341 g/mol. The summed E-state index contributed by atoms with van der Waals surface area (Å²) in [4.78, 5) is 0.